The minimum absolute atomic E-state index is 0.187. The quantitative estimate of drug-likeness (QED) is 0.437. The molecule has 0 spiro atoms. The van der Waals surface area contributed by atoms with Crippen molar-refractivity contribution in [2.24, 2.45) is 0 Å². The van der Waals surface area contributed by atoms with Gasteiger partial charge in [-0.05, 0) is 68.7 Å². The largest absolute Gasteiger partial charge is 0.390 e. The molecule has 2 N–H and O–H groups in total. The summed E-state index contributed by atoms with van der Waals surface area (Å²) >= 11 is 6.06. The molecule has 1 unspecified atom stereocenters. The molecular weight excluding hydrogens is 486 g/mol. The first-order valence-electron chi connectivity index (χ1n) is 13.1. The summed E-state index contributed by atoms with van der Waals surface area (Å²) in [5.41, 5.74) is 6.03. The number of nitrogens with one attached hydrogen (secondary N) is 1. The molecule has 1 aliphatic heterocycles. The first-order chi connectivity index (χ1) is 17.8. The molecule has 37 heavy (non-hydrogen) atoms. The minimum Gasteiger partial charge on any atom is -0.390 e. The minimum atomic E-state index is -0.648. The molecule has 3 aromatic rings. The van der Waals surface area contributed by atoms with Crippen molar-refractivity contribution in [3.63, 3.8) is 0 Å². The van der Waals surface area contributed by atoms with E-state index in [0.29, 0.717) is 17.3 Å². The van der Waals surface area contributed by atoms with Crippen molar-refractivity contribution in [1.29, 1.82) is 0 Å². The number of rotatable bonds is 9. The highest BCUT2D eigenvalue weighted by molar-refractivity contribution is 6.30. The van der Waals surface area contributed by atoms with E-state index >= 15 is 0 Å². The summed E-state index contributed by atoms with van der Waals surface area (Å²) in [5.74, 6) is 0.580. The maximum atomic E-state index is 13.0. The number of aliphatic hydroxyl groups is 1. The van der Waals surface area contributed by atoms with Crippen molar-refractivity contribution < 1.29 is 9.90 Å². The van der Waals surface area contributed by atoms with Crippen LogP contribution in [0.1, 0.15) is 46.5 Å². The molecule has 1 aliphatic rings. The van der Waals surface area contributed by atoms with Crippen LogP contribution in [0.15, 0.2) is 42.5 Å². The van der Waals surface area contributed by atoms with Crippen LogP contribution in [-0.4, -0.2) is 70.8 Å². The molecule has 1 saturated heterocycles. The van der Waals surface area contributed by atoms with Gasteiger partial charge in [0.25, 0.3) is 5.91 Å². The van der Waals surface area contributed by atoms with Gasteiger partial charge in [0.2, 0.25) is 0 Å². The molecular formula is C29H38ClN5O2. The lowest BCUT2D eigenvalue weighted by Gasteiger charge is -2.37. The van der Waals surface area contributed by atoms with Crippen LogP contribution >= 0.6 is 11.6 Å². The van der Waals surface area contributed by atoms with Crippen molar-refractivity contribution in [3.05, 3.63) is 75.8 Å². The molecule has 0 radical (unpaired) electrons. The first-order valence-corrected chi connectivity index (χ1v) is 13.5. The normalized spacial score (nSPS) is 15.1. The Morgan fingerprint density at radius 3 is 2.46 bits per heavy atom. The molecule has 0 saturated carbocycles. The van der Waals surface area contributed by atoms with Gasteiger partial charge >= 0.3 is 0 Å². The Labute approximate surface area is 225 Å². The zero-order valence-corrected chi connectivity index (χ0v) is 23.1. The lowest BCUT2D eigenvalue weighted by atomic mass is 10.1. The van der Waals surface area contributed by atoms with Crippen molar-refractivity contribution in [2.45, 2.75) is 46.6 Å². The van der Waals surface area contributed by atoms with E-state index in [1.165, 1.54) is 16.8 Å². The number of carbonyl (C=O) groups excluding carboxylic acids is 1. The topological polar surface area (TPSA) is 73.6 Å². The maximum Gasteiger partial charge on any atom is 0.271 e. The predicted octanol–water partition coefficient (Wildman–Crippen LogP) is 4.32. The summed E-state index contributed by atoms with van der Waals surface area (Å²) in [6.45, 7) is 12.6. The van der Waals surface area contributed by atoms with E-state index < -0.39 is 6.10 Å². The predicted molar refractivity (Wildman–Crippen MR) is 150 cm³/mol. The molecule has 2 aromatic carbocycles. The van der Waals surface area contributed by atoms with Crippen LogP contribution in [0.3, 0.4) is 0 Å². The zero-order valence-electron chi connectivity index (χ0n) is 22.3. The number of hydrogen-bond donors (Lipinski definition) is 2. The number of carbonyl (C=O) groups is 1. The molecule has 1 fully saturated rings. The van der Waals surface area contributed by atoms with Gasteiger partial charge in [-0.1, -0.05) is 30.7 Å². The van der Waals surface area contributed by atoms with Gasteiger partial charge in [0.15, 0.2) is 0 Å². The third kappa shape index (κ3) is 6.35. The van der Waals surface area contributed by atoms with E-state index in [1.54, 1.807) is 0 Å². The van der Waals surface area contributed by atoms with Gasteiger partial charge in [0.1, 0.15) is 11.5 Å². The van der Waals surface area contributed by atoms with Crippen molar-refractivity contribution in [1.82, 2.24) is 19.8 Å². The summed E-state index contributed by atoms with van der Waals surface area (Å²) < 4.78 is 2.01. The number of benzene rings is 2. The van der Waals surface area contributed by atoms with Crippen LogP contribution in [0.25, 0.3) is 5.69 Å². The number of aliphatic hydroxyl groups excluding tert-OH is 1. The molecule has 1 amide bonds. The number of halogens is 1. The molecule has 8 heteroatoms. The SMILES string of the molecule is CCCc1nc(C(=O)NCC(O)CN2CCN(c3cccc(C)c3C)CC2)c(C)n1-c1ccc(Cl)cc1. The van der Waals surface area contributed by atoms with Gasteiger partial charge in [0.05, 0.1) is 11.8 Å². The average Bonchev–Trinajstić information content (AvgIpc) is 3.21. The molecule has 0 bridgehead atoms. The van der Waals surface area contributed by atoms with Crippen LogP contribution < -0.4 is 10.2 Å². The summed E-state index contributed by atoms with van der Waals surface area (Å²) in [4.78, 5) is 22.4. The van der Waals surface area contributed by atoms with Gasteiger partial charge < -0.3 is 19.9 Å². The van der Waals surface area contributed by atoms with E-state index in [-0.39, 0.29) is 12.5 Å². The van der Waals surface area contributed by atoms with Crippen LogP contribution in [-0.2, 0) is 6.42 Å². The van der Waals surface area contributed by atoms with E-state index in [1.807, 2.05) is 35.8 Å². The summed E-state index contributed by atoms with van der Waals surface area (Å²) in [7, 11) is 0. The van der Waals surface area contributed by atoms with E-state index in [2.05, 4.69) is 59.1 Å². The second-order valence-electron chi connectivity index (χ2n) is 9.89. The molecule has 0 aliphatic carbocycles. The molecule has 2 heterocycles. The second-order valence-corrected chi connectivity index (χ2v) is 10.3. The number of aryl methyl sites for hydroxylation is 2. The number of β-amino-alcohol motifs (C(OH)–C–C–N with tert-alkyl or cyclic N) is 1. The van der Waals surface area contributed by atoms with Gasteiger partial charge in [-0.3, -0.25) is 9.69 Å². The zero-order chi connectivity index (χ0) is 26.5. The van der Waals surface area contributed by atoms with E-state index in [4.69, 9.17) is 11.6 Å². The molecule has 1 aromatic heterocycles. The van der Waals surface area contributed by atoms with Crippen LogP contribution in [0.5, 0.6) is 0 Å². The monoisotopic (exact) mass is 523 g/mol. The Bertz CT molecular complexity index is 1220. The van der Waals surface area contributed by atoms with Gasteiger partial charge in [-0.15, -0.1) is 0 Å². The third-order valence-electron chi connectivity index (χ3n) is 7.21. The Morgan fingerprint density at radius 2 is 1.78 bits per heavy atom. The maximum absolute atomic E-state index is 13.0. The molecule has 1 atom stereocenters. The lowest BCUT2D eigenvalue weighted by Crippen LogP contribution is -2.50. The molecule has 7 nitrogen and oxygen atoms in total. The second kappa shape index (κ2) is 12.1. The number of hydrogen-bond acceptors (Lipinski definition) is 5. The van der Waals surface area contributed by atoms with Gasteiger partial charge in [-0.25, -0.2) is 4.98 Å². The molecule has 4 rings (SSSR count). The van der Waals surface area contributed by atoms with Gasteiger partial charge in [0, 0.05) is 62.1 Å². The number of amides is 1. The number of imidazole rings is 1. The standard InChI is InChI=1S/C29H38ClN5O2/c1-5-7-27-32-28(22(4)35(27)24-12-10-23(30)11-13-24)29(37)31-18-25(36)19-33-14-16-34(17-15-33)26-9-6-8-20(2)21(26)3/h6,8-13,25,36H,5,7,14-19H2,1-4H3,(H,31,37). The fourth-order valence-electron chi connectivity index (χ4n) is 5.01. The number of piperazine rings is 1. The van der Waals surface area contributed by atoms with Crippen molar-refractivity contribution >= 4 is 23.2 Å². The Morgan fingerprint density at radius 1 is 1.08 bits per heavy atom. The van der Waals surface area contributed by atoms with Crippen LogP contribution in [0, 0.1) is 20.8 Å². The summed E-state index contributed by atoms with van der Waals surface area (Å²) in [6, 6.07) is 14.0. The van der Waals surface area contributed by atoms with E-state index in [0.717, 1.165) is 56.2 Å². The average molecular weight is 524 g/mol. The first kappa shape index (κ1) is 27.2. The van der Waals surface area contributed by atoms with Crippen molar-refractivity contribution in [3.8, 4) is 5.69 Å². The fourth-order valence-corrected chi connectivity index (χ4v) is 5.13. The Balaban J connectivity index is 1.33. The van der Waals surface area contributed by atoms with Crippen molar-refractivity contribution in [2.75, 3.05) is 44.2 Å². The van der Waals surface area contributed by atoms with Gasteiger partial charge in [-0.2, -0.15) is 0 Å². The van der Waals surface area contributed by atoms with Crippen LogP contribution in [0.2, 0.25) is 5.02 Å². The van der Waals surface area contributed by atoms with E-state index in [9.17, 15) is 9.90 Å². The lowest BCUT2D eigenvalue weighted by molar-refractivity contribution is 0.0847. The van der Waals surface area contributed by atoms with Crippen LogP contribution in [0.4, 0.5) is 5.69 Å². The number of anilines is 1. The summed E-state index contributed by atoms with van der Waals surface area (Å²) in [6.07, 6.45) is 1.03. The third-order valence-corrected chi connectivity index (χ3v) is 7.46. The Hall–Kier alpha value is -2.87. The smallest absolute Gasteiger partial charge is 0.271 e. The highest BCUT2D eigenvalue weighted by atomic mass is 35.5. The number of nitrogens with zero attached hydrogens (tertiary/aromatic N) is 4. The highest BCUT2D eigenvalue weighted by Crippen LogP contribution is 2.24. The number of aromatic nitrogens is 2. The fraction of sp³-hybridized carbons (Fsp3) is 0.448. The Kier molecular flexibility index (Phi) is 8.90. The molecule has 198 valence electrons. The highest BCUT2D eigenvalue weighted by Gasteiger charge is 2.23. The summed E-state index contributed by atoms with van der Waals surface area (Å²) in [5, 5.41) is 14.2.